The highest BCUT2D eigenvalue weighted by atomic mass is 16.5. The van der Waals surface area contributed by atoms with Crippen LogP contribution in [0.3, 0.4) is 0 Å². The van der Waals surface area contributed by atoms with E-state index in [9.17, 15) is 0 Å². The highest BCUT2D eigenvalue weighted by Gasteiger charge is 2.20. The normalized spacial score (nSPS) is 18.4. The van der Waals surface area contributed by atoms with Gasteiger partial charge >= 0.3 is 0 Å². The minimum atomic E-state index is 0.396. The molecule has 0 saturated carbocycles. The van der Waals surface area contributed by atoms with Crippen molar-refractivity contribution in [1.82, 2.24) is 25.4 Å². The lowest BCUT2D eigenvalue weighted by molar-refractivity contribution is 0.193. The van der Waals surface area contributed by atoms with Gasteiger partial charge in [0.2, 0.25) is 0 Å². The summed E-state index contributed by atoms with van der Waals surface area (Å²) in [6.07, 6.45) is 3.57. The molecule has 0 aliphatic carbocycles. The van der Waals surface area contributed by atoms with Crippen LogP contribution in [0, 0.1) is 6.92 Å². The highest BCUT2D eigenvalue weighted by Crippen LogP contribution is 2.24. The Kier molecular flexibility index (Phi) is 3.87. The molecule has 0 spiro atoms. The van der Waals surface area contributed by atoms with Gasteiger partial charge in [-0.05, 0) is 13.3 Å². The zero-order chi connectivity index (χ0) is 13.8. The third-order valence-electron chi connectivity index (χ3n) is 3.36. The Labute approximate surface area is 117 Å². The molecule has 1 aliphatic rings. The fraction of sp³-hybridized carbons (Fsp3) is 0.538. The smallest absolute Gasteiger partial charge is 0.129 e. The van der Waals surface area contributed by atoms with Crippen LogP contribution < -0.4 is 5.32 Å². The second kappa shape index (κ2) is 5.96. The molecule has 2 N–H and O–H groups in total. The van der Waals surface area contributed by atoms with Crippen molar-refractivity contribution in [2.24, 2.45) is 0 Å². The van der Waals surface area contributed by atoms with Gasteiger partial charge in [0.1, 0.15) is 11.6 Å². The Morgan fingerprint density at radius 3 is 3.15 bits per heavy atom. The Bertz CT molecular complexity index is 550. The largest absolute Gasteiger partial charge is 0.381 e. The van der Waals surface area contributed by atoms with Gasteiger partial charge in [0.15, 0.2) is 0 Å². The van der Waals surface area contributed by atoms with Gasteiger partial charge in [0.25, 0.3) is 0 Å². The van der Waals surface area contributed by atoms with E-state index in [2.05, 4.69) is 30.7 Å². The number of nitrogens with zero attached hydrogens (tertiary/aromatic N) is 4. The van der Waals surface area contributed by atoms with Gasteiger partial charge in [-0.15, -0.1) is 0 Å². The van der Waals surface area contributed by atoms with Crippen molar-refractivity contribution in [3.05, 3.63) is 29.5 Å². The van der Waals surface area contributed by atoms with E-state index in [0.29, 0.717) is 5.92 Å². The van der Waals surface area contributed by atoms with Crippen molar-refractivity contribution in [2.45, 2.75) is 25.7 Å². The molecule has 1 fully saturated rings. The van der Waals surface area contributed by atoms with Crippen LogP contribution in [-0.4, -0.2) is 45.1 Å². The molecule has 20 heavy (non-hydrogen) atoms. The average molecular weight is 274 g/mol. The average Bonchev–Trinajstić information content (AvgIpc) is 3.11. The van der Waals surface area contributed by atoms with Crippen LogP contribution in [0.25, 0.3) is 0 Å². The van der Waals surface area contributed by atoms with Gasteiger partial charge < -0.3 is 10.1 Å². The number of anilines is 1. The number of rotatable bonds is 5. The summed E-state index contributed by atoms with van der Waals surface area (Å²) in [4.78, 5) is 8.93. The lowest BCUT2D eigenvalue weighted by Crippen LogP contribution is -2.10. The first kappa shape index (κ1) is 13.0. The zero-order valence-electron chi connectivity index (χ0n) is 11.5. The van der Waals surface area contributed by atoms with E-state index in [4.69, 9.17) is 4.74 Å². The van der Waals surface area contributed by atoms with Crippen molar-refractivity contribution in [3.63, 3.8) is 0 Å². The van der Waals surface area contributed by atoms with E-state index < -0.39 is 0 Å². The maximum atomic E-state index is 5.42. The SMILES string of the molecule is Cc1nc(NCCc2cn[nH]n2)cc([C@H]2CCOC2)n1. The van der Waals surface area contributed by atoms with Crippen molar-refractivity contribution in [3.8, 4) is 0 Å². The van der Waals surface area contributed by atoms with E-state index in [0.717, 1.165) is 55.6 Å². The summed E-state index contributed by atoms with van der Waals surface area (Å²) >= 11 is 0. The van der Waals surface area contributed by atoms with Crippen LogP contribution in [0.15, 0.2) is 12.3 Å². The van der Waals surface area contributed by atoms with E-state index in [1.807, 2.05) is 13.0 Å². The summed E-state index contributed by atoms with van der Waals surface area (Å²) in [5.74, 6) is 2.05. The lowest BCUT2D eigenvalue weighted by Gasteiger charge is -2.11. The van der Waals surface area contributed by atoms with Crippen LogP contribution in [-0.2, 0) is 11.2 Å². The molecular weight excluding hydrogens is 256 g/mol. The zero-order valence-corrected chi connectivity index (χ0v) is 11.5. The molecule has 0 radical (unpaired) electrons. The number of aromatic amines is 1. The topological polar surface area (TPSA) is 88.6 Å². The molecule has 2 aromatic heterocycles. The predicted octanol–water partition coefficient (Wildman–Crippen LogP) is 1.06. The number of hydrogen-bond acceptors (Lipinski definition) is 6. The third kappa shape index (κ3) is 3.11. The second-order valence-electron chi connectivity index (χ2n) is 4.92. The van der Waals surface area contributed by atoms with Crippen molar-refractivity contribution >= 4 is 5.82 Å². The Balaban J connectivity index is 1.63. The summed E-state index contributed by atoms with van der Waals surface area (Å²) in [6, 6.07) is 2.02. The Morgan fingerprint density at radius 2 is 2.40 bits per heavy atom. The van der Waals surface area contributed by atoms with E-state index in [1.165, 1.54) is 0 Å². The lowest BCUT2D eigenvalue weighted by atomic mass is 10.0. The molecule has 3 rings (SSSR count). The van der Waals surface area contributed by atoms with Crippen molar-refractivity contribution in [1.29, 1.82) is 0 Å². The molecule has 0 unspecified atom stereocenters. The monoisotopic (exact) mass is 274 g/mol. The first-order valence-electron chi connectivity index (χ1n) is 6.83. The van der Waals surface area contributed by atoms with E-state index in [1.54, 1.807) is 6.20 Å². The second-order valence-corrected chi connectivity index (χ2v) is 4.92. The minimum absolute atomic E-state index is 0.396. The Hall–Kier alpha value is -2.02. The number of hydrogen-bond donors (Lipinski definition) is 2. The first-order chi connectivity index (χ1) is 9.81. The van der Waals surface area contributed by atoms with Gasteiger partial charge in [-0.25, -0.2) is 9.97 Å². The molecule has 0 amide bonds. The number of nitrogens with one attached hydrogen (secondary N) is 2. The van der Waals surface area contributed by atoms with E-state index >= 15 is 0 Å². The minimum Gasteiger partial charge on any atom is -0.381 e. The first-order valence-corrected chi connectivity index (χ1v) is 6.83. The quantitative estimate of drug-likeness (QED) is 0.847. The standard InChI is InChI=1S/C13H18N6O/c1-9-16-12(10-3-5-20-8-10)6-13(17-9)14-4-2-11-7-15-19-18-11/h6-7,10H,2-5,8H2,1H3,(H,14,16,17)(H,15,18,19)/t10-/m0/s1. The summed E-state index contributed by atoms with van der Waals surface area (Å²) in [5.41, 5.74) is 2.01. The predicted molar refractivity (Wildman–Crippen MR) is 73.5 cm³/mol. The van der Waals surface area contributed by atoms with Crippen molar-refractivity contribution in [2.75, 3.05) is 25.1 Å². The van der Waals surface area contributed by atoms with Crippen LogP contribution in [0.5, 0.6) is 0 Å². The number of aryl methyl sites for hydroxylation is 1. The van der Waals surface area contributed by atoms with E-state index in [-0.39, 0.29) is 0 Å². The summed E-state index contributed by atoms with van der Waals surface area (Å²) in [7, 11) is 0. The number of aromatic nitrogens is 5. The molecule has 3 heterocycles. The van der Waals surface area contributed by atoms with Crippen LogP contribution in [0.2, 0.25) is 0 Å². The molecule has 2 aromatic rings. The van der Waals surface area contributed by atoms with Gasteiger partial charge in [-0.3, -0.25) is 0 Å². The fourth-order valence-electron chi connectivity index (χ4n) is 2.32. The summed E-state index contributed by atoms with van der Waals surface area (Å²) < 4.78 is 5.42. The molecule has 0 aromatic carbocycles. The molecule has 0 bridgehead atoms. The number of ether oxygens (including phenoxy) is 1. The number of H-pyrrole nitrogens is 1. The van der Waals surface area contributed by atoms with Gasteiger partial charge in [0.05, 0.1) is 24.2 Å². The molecule has 7 heteroatoms. The molecular formula is C13H18N6O. The van der Waals surface area contributed by atoms with Gasteiger partial charge in [-0.2, -0.15) is 15.4 Å². The fourth-order valence-corrected chi connectivity index (χ4v) is 2.32. The molecule has 1 saturated heterocycles. The summed E-state index contributed by atoms with van der Waals surface area (Å²) in [5, 5.41) is 13.7. The van der Waals surface area contributed by atoms with Gasteiger partial charge in [0, 0.05) is 31.6 Å². The summed E-state index contributed by atoms with van der Waals surface area (Å²) in [6.45, 7) is 4.27. The highest BCUT2D eigenvalue weighted by molar-refractivity contribution is 5.37. The third-order valence-corrected chi connectivity index (χ3v) is 3.36. The van der Waals surface area contributed by atoms with Crippen LogP contribution in [0.1, 0.15) is 29.6 Å². The molecule has 7 nitrogen and oxygen atoms in total. The van der Waals surface area contributed by atoms with Crippen molar-refractivity contribution < 1.29 is 4.74 Å². The maximum Gasteiger partial charge on any atom is 0.129 e. The Morgan fingerprint density at radius 1 is 1.45 bits per heavy atom. The molecule has 1 aliphatic heterocycles. The van der Waals surface area contributed by atoms with Crippen LogP contribution >= 0.6 is 0 Å². The molecule has 106 valence electrons. The molecule has 1 atom stereocenters. The van der Waals surface area contributed by atoms with Crippen LogP contribution in [0.4, 0.5) is 5.82 Å². The maximum absolute atomic E-state index is 5.42. The van der Waals surface area contributed by atoms with Gasteiger partial charge in [-0.1, -0.05) is 0 Å².